The van der Waals surface area contributed by atoms with Crippen LogP contribution in [-0.4, -0.2) is 11.5 Å². The average Bonchev–Trinajstić information content (AvgIpc) is 2.30. The number of hydrogen-bond donors (Lipinski definition) is 1. The average molecular weight is 228 g/mol. The smallest absolute Gasteiger partial charge is 0.0737 e. The van der Waals surface area contributed by atoms with Crippen LogP contribution in [0.15, 0.2) is 30.3 Å². The van der Waals surface area contributed by atoms with Crippen LogP contribution < -0.4 is 5.73 Å². The molecule has 0 radical (unpaired) electrons. The van der Waals surface area contributed by atoms with Crippen LogP contribution in [0.25, 0.3) is 10.9 Å². The minimum absolute atomic E-state index is 0.125. The molecule has 2 heteroatoms. The maximum absolute atomic E-state index is 5.81. The van der Waals surface area contributed by atoms with Gasteiger partial charge in [-0.2, -0.15) is 0 Å². The highest BCUT2D eigenvalue weighted by Crippen LogP contribution is 2.25. The van der Waals surface area contributed by atoms with E-state index in [9.17, 15) is 0 Å². The number of benzene rings is 1. The van der Waals surface area contributed by atoms with Gasteiger partial charge in [0.2, 0.25) is 0 Å². The predicted molar refractivity (Wildman–Crippen MR) is 73.0 cm³/mol. The lowest BCUT2D eigenvalue weighted by atomic mass is 9.85. The van der Waals surface area contributed by atoms with Gasteiger partial charge >= 0.3 is 0 Å². The van der Waals surface area contributed by atoms with Crippen LogP contribution in [0.1, 0.15) is 25.1 Å². The first-order valence-electron chi connectivity index (χ1n) is 6.07. The number of pyridine rings is 1. The lowest BCUT2D eigenvalue weighted by Crippen LogP contribution is -2.26. The van der Waals surface area contributed by atoms with Gasteiger partial charge in [0, 0.05) is 11.1 Å². The fourth-order valence-corrected chi connectivity index (χ4v) is 2.04. The number of para-hydroxylation sites is 1. The van der Waals surface area contributed by atoms with E-state index in [0.717, 1.165) is 17.6 Å². The molecule has 17 heavy (non-hydrogen) atoms. The normalized spacial score (nSPS) is 12.0. The fraction of sp³-hybridized carbons (Fsp3) is 0.400. The molecule has 1 aromatic carbocycles. The van der Waals surface area contributed by atoms with E-state index in [1.54, 1.807) is 0 Å². The number of aryl methyl sites for hydroxylation is 1. The van der Waals surface area contributed by atoms with Crippen LogP contribution in [0.4, 0.5) is 0 Å². The zero-order chi connectivity index (χ0) is 12.5. The standard InChI is InChI=1S/C15H20N2/c1-11-7-8-12-5-4-6-13(14(12)17-11)9-15(2,3)10-16/h4-8H,9-10,16H2,1-3H3. The summed E-state index contributed by atoms with van der Waals surface area (Å²) >= 11 is 0. The molecule has 1 heterocycles. The summed E-state index contributed by atoms with van der Waals surface area (Å²) in [5, 5.41) is 1.21. The molecule has 1 aromatic heterocycles. The van der Waals surface area contributed by atoms with E-state index in [2.05, 4.69) is 49.2 Å². The maximum atomic E-state index is 5.81. The fourth-order valence-electron chi connectivity index (χ4n) is 2.04. The topological polar surface area (TPSA) is 38.9 Å². The van der Waals surface area contributed by atoms with Crippen molar-refractivity contribution < 1.29 is 0 Å². The molecule has 0 saturated carbocycles. The molecule has 0 saturated heterocycles. The van der Waals surface area contributed by atoms with Crippen molar-refractivity contribution in [1.29, 1.82) is 0 Å². The second-order valence-electron chi connectivity index (χ2n) is 5.49. The molecular formula is C15H20N2. The van der Waals surface area contributed by atoms with Crippen LogP contribution in [0.2, 0.25) is 0 Å². The van der Waals surface area contributed by atoms with Gasteiger partial charge in [-0.25, -0.2) is 0 Å². The number of rotatable bonds is 3. The van der Waals surface area contributed by atoms with Crippen molar-refractivity contribution in [2.24, 2.45) is 11.1 Å². The third-order valence-corrected chi connectivity index (χ3v) is 3.16. The van der Waals surface area contributed by atoms with E-state index in [1.807, 2.05) is 6.92 Å². The maximum Gasteiger partial charge on any atom is 0.0737 e. The van der Waals surface area contributed by atoms with E-state index < -0.39 is 0 Å². The Kier molecular flexibility index (Phi) is 3.16. The molecule has 0 bridgehead atoms. The van der Waals surface area contributed by atoms with Crippen molar-refractivity contribution in [2.45, 2.75) is 27.2 Å². The predicted octanol–water partition coefficient (Wildman–Crippen LogP) is 3.07. The summed E-state index contributed by atoms with van der Waals surface area (Å²) in [6.07, 6.45) is 0.970. The molecular weight excluding hydrogens is 208 g/mol. The minimum atomic E-state index is 0.125. The molecule has 0 amide bonds. The SMILES string of the molecule is Cc1ccc2cccc(CC(C)(C)CN)c2n1. The van der Waals surface area contributed by atoms with Gasteiger partial charge in [0.05, 0.1) is 5.52 Å². The van der Waals surface area contributed by atoms with Gasteiger partial charge < -0.3 is 5.73 Å². The van der Waals surface area contributed by atoms with Crippen molar-refractivity contribution in [3.8, 4) is 0 Å². The van der Waals surface area contributed by atoms with Crippen LogP contribution in [0.3, 0.4) is 0 Å². The van der Waals surface area contributed by atoms with Gasteiger partial charge in [-0.15, -0.1) is 0 Å². The molecule has 0 aliphatic rings. The van der Waals surface area contributed by atoms with E-state index in [0.29, 0.717) is 6.54 Å². The van der Waals surface area contributed by atoms with E-state index in [4.69, 9.17) is 5.73 Å². The molecule has 2 nitrogen and oxygen atoms in total. The number of nitrogens with zero attached hydrogens (tertiary/aromatic N) is 1. The zero-order valence-electron chi connectivity index (χ0n) is 10.8. The van der Waals surface area contributed by atoms with Crippen LogP contribution in [0.5, 0.6) is 0 Å². The van der Waals surface area contributed by atoms with E-state index in [1.165, 1.54) is 10.9 Å². The largest absolute Gasteiger partial charge is 0.330 e. The van der Waals surface area contributed by atoms with Gasteiger partial charge in [0.1, 0.15) is 0 Å². The summed E-state index contributed by atoms with van der Waals surface area (Å²) in [4.78, 5) is 4.65. The van der Waals surface area contributed by atoms with Gasteiger partial charge in [0.25, 0.3) is 0 Å². The monoisotopic (exact) mass is 228 g/mol. The molecule has 0 spiro atoms. The van der Waals surface area contributed by atoms with Crippen molar-refractivity contribution in [3.63, 3.8) is 0 Å². The number of aromatic nitrogens is 1. The summed E-state index contributed by atoms with van der Waals surface area (Å²) < 4.78 is 0. The molecule has 0 aliphatic carbocycles. The molecule has 0 aliphatic heterocycles. The molecule has 0 atom stereocenters. The lowest BCUT2D eigenvalue weighted by molar-refractivity contribution is 0.378. The lowest BCUT2D eigenvalue weighted by Gasteiger charge is -2.22. The second-order valence-corrected chi connectivity index (χ2v) is 5.49. The first kappa shape index (κ1) is 12.1. The van der Waals surface area contributed by atoms with Crippen molar-refractivity contribution >= 4 is 10.9 Å². The van der Waals surface area contributed by atoms with Crippen LogP contribution in [0, 0.1) is 12.3 Å². The van der Waals surface area contributed by atoms with E-state index in [-0.39, 0.29) is 5.41 Å². The molecule has 2 N–H and O–H groups in total. The van der Waals surface area contributed by atoms with Crippen LogP contribution in [-0.2, 0) is 6.42 Å². The highest BCUT2D eigenvalue weighted by atomic mass is 14.7. The van der Waals surface area contributed by atoms with Gasteiger partial charge in [-0.3, -0.25) is 4.98 Å². The summed E-state index contributed by atoms with van der Waals surface area (Å²) in [7, 11) is 0. The van der Waals surface area contributed by atoms with Gasteiger partial charge in [-0.05, 0) is 36.9 Å². The molecule has 2 aromatic rings. The first-order chi connectivity index (χ1) is 8.02. The third kappa shape index (κ3) is 2.64. The summed E-state index contributed by atoms with van der Waals surface area (Å²) in [6.45, 7) is 7.11. The van der Waals surface area contributed by atoms with Crippen molar-refractivity contribution in [1.82, 2.24) is 4.98 Å². The molecule has 2 rings (SSSR count). The Morgan fingerprint density at radius 3 is 2.65 bits per heavy atom. The Hall–Kier alpha value is -1.41. The third-order valence-electron chi connectivity index (χ3n) is 3.16. The Morgan fingerprint density at radius 1 is 1.18 bits per heavy atom. The summed E-state index contributed by atoms with van der Waals surface area (Å²) in [5.74, 6) is 0. The van der Waals surface area contributed by atoms with Gasteiger partial charge in [0.15, 0.2) is 0 Å². The summed E-state index contributed by atoms with van der Waals surface area (Å²) in [5.41, 5.74) is 9.41. The molecule has 0 fully saturated rings. The number of fused-ring (bicyclic) bond motifs is 1. The van der Waals surface area contributed by atoms with Crippen molar-refractivity contribution in [2.75, 3.05) is 6.54 Å². The quantitative estimate of drug-likeness (QED) is 0.876. The molecule has 90 valence electrons. The van der Waals surface area contributed by atoms with Crippen molar-refractivity contribution in [3.05, 3.63) is 41.6 Å². The van der Waals surface area contributed by atoms with E-state index >= 15 is 0 Å². The number of nitrogens with two attached hydrogens (primary N) is 1. The van der Waals surface area contributed by atoms with Crippen LogP contribution >= 0.6 is 0 Å². The van der Waals surface area contributed by atoms with Gasteiger partial charge in [-0.1, -0.05) is 38.1 Å². The summed E-state index contributed by atoms with van der Waals surface area (Å²) in [6, 6.07) is 10.6. The Bertz CT molecular complexity index is 529. The highest BCUT2D eigenvalue weighted by Gasteiger charge is 2.17. The Morgan fingerprint density at radius 2 is 1.94 bits per heavy atom. The Labute approximate surface area is 103 Å². The Balaban J connectivity index is 2.50. The number of hydrogen-bond acceptors (Lipinski definition) is 2. The highest BCUT2D eigenvalue weighted by molar-refractivity contribution is 5.82. The molecule has 0 unspecified atom stereocenters. The zero-order valence-corrected chi connectivity index (χ0v) is 10.8. The first-order valence-corrected chi connectivity index (χ1v) is 6.07. The second kappa shape index (κ2) is 4.46. The minimum Gasteiger partial charge on any atom is -0.330 e.